The fourth-order valence-corrected chi connectivity index (χ4v) is 4.15. The van der Waals surface area contributed by atoms with Gasteiger partial charge in [0.1, 0.15) is 11.6 Å². The van der Waals surface area contributed by atoms with Gasteiger partial charge in [0.2, 0.25) is 0 Å². The Morgan fingerprint density at radius 2 is 1.51 bits per heavy atom. The molecule has 0 aromatic heterocycles. The first-order valence-corrected chi connectivity index (χ1v) is 11.5. The molecule has 1 heterocycles. The summed E-state index contributed by atoms with van der Waals surface area (Å²) in [5.74, 6) is -1.59. The SMILES string of the molecule is O=C(NCCc1ccc(CN2CCCC2)cc1)c1ccc(-c2ccc(OC(F)(F)F)cc2)cc1F. The summed E-state index contributed by atoms with van der Waals surface area (Å²) in [6.45, 7) is 3.62. The number of hydrogen-bond acceptors (Lipinski definition) is 3. The highest BCUT2D eigenvalue weighted by atomic mass is 19.4. The van der Waals surface area contributed by atoms with Crippen molar-refractivity contribution < 1.29 is 27.1 Å². The molecule has 184 valence electrons. The van der Waals surface area contributed by atoms with E-state index >= 15 is 0 Å². The predicted molar refractivity (Wildman–Crippen MR) is 126 cm³/mol. The summed E-state index contributed by atoms with van der Waals surface area (Å²) in [7, 11) is 0. The van der Waals surface area contributed by atoms with Crippen LogP contribution >= 0.6 is 0 Å². The molecule has 0 aliphatic carbocycles. The van der Waals surface area contributed by atoms with Gasteiger partial charge in [-0.05, 0) is 78.9 Å². The van der Waals surface area contributed by atoms with Crippen molar-refractivity contribution in [2.24, 2.45) is 0 Å². The van der Waals surface area contributed by atoms with Crippen LogP contribution in [0.2, 0.25) is 0 Å². The van der Waals surface area contributed by atoms with Crippen LogP contribution in [0.15, 0.2) is 66.7 Å². The molecule has 1 aliphatic rings. The van der Waals surface area contributed by atoms with Crippen molar-refractivity contribution in [2.75, 3.05) is 19.6 Å². The summed E-state index contributed by atoms with van der Waals surface area (Å²) in [5, 5.41) is 2.74. The number of amides is 1. The quantitative estimate of drug-likeness (QED) is 0.400. The topological polar surface area (TPSA) is 41.6 Å². The van der Waals surface area contributed by atoms with Crippen LogP contribution in [0.4, 0.5) is 17.6 Å². The molecule has 3 aromatic carbocycles. The molecule has 1 fully saturated rings. The first-order chi connectivity index (χ1) is 16.8. The maximum atomic E-state index is 14.6. The summed E-state index contributed by atoms with van der Waals surface area (Å²) in [5.41, 5.74) is 3.20. The van der Waals surface area contributed by atoms with E-state index in [1.54, 1.807) is 6.07 Å². The smallest absolute Gasteiger partial charge is 0.406 e. The van der Waals surface area contributed by atoms with Crippen LogP contribution in [0.1, 0.15) is 34.3 Å². The van der Waals surface area contributed by atoms with Crippen molar-refractivity contribution in [3.05, 3.63) is 89.2 Å². The fourth-order valence-electron chi connectivity index (χ4n) is 4.15. The van der Waals surface area contributed by atoms with Crippen molar-refractivity contribution >= 4 is 5.91 Å². The molecule has 0 atom stereocenters. The van der Waals surface area contributed by atoms with Crippen molar-refractivity contribution in [1.29, 1.82) is 0 Å². The van der Waals surface area contributed by atoms with E-state index in [4.69, 9.17) is 0 Å². The van der Waals surface area contributed by atoms with Crippen molar-refractivity contribution in [3.8, 4) is 16.9 Å². The van der Waals surface area contributed by atoms with Gasteiger partial charge in [-0.1, -0.05) is 42.5 Å². The Bertz CT molecular complexity index is 1140. The molecule has 4 nitrogen and oxygen atoms in total. The van der Waals surface area contributed by atoms with E-state index in [9.17, 15) is 22.4 Å². The number of alkyl halides is 3. The molecule has 0 spiro atoms. The Balaban J connectivity index is 1.29. The zero-order chi connectivity index (χ0) is 24.8. The molecule has 1 amide bonds. The largest absolute Gasteiger partial charge is 0.573 e. The number of rotatable bonds is 8. The lowest BCUT2D eigenvalue weighted by molar-refractivity contribution is -0.274. The maximum Gasteiger partial charge on any atom is 0.573 e. The molecule has 1 saturated heterocycles. The van der Waals surface area contributed by atoms with Crippen LogP contribution in [0.25, 0.3) is 11.1 Å². The highest BCUT2D eigenvalue weighted by molar-refractivity contribution is 5.95. The maximum absolute atomic E-state index is 14.6. The number of halogens is 4. The van der Waals surface area contributed by atoms with Gasteiger partial charge >= 0.3 is 6.36 Å². The average molecular weight is 487 g/mol. The molecule has 4 rings (SSSR count). The first kappa shape index (κ1) is 24.7. The second kappa shape index (κ2) is 10.9. The van der Waals surface area contributed by atoms with Crippen molar-refractivity contribution in [1.82, 2.24) is 10.2 Å². The van der Waals surface area contributed by atoms with Gasteiger partial charge in [-0.2, -0.15) is 0 Å². The van der Waals surface area contributed by atoms with Gasteiger partial charge in [0.15, 0.2) is 0 Å². The Morgan fingerprint density at radius 3 is 2.14 bits per heavy atom. The standard InChI is InChI=1S/C27H26F4N2O2/c28-25-17-22(21-7-10-23(11-8-21)35-27(29,30)31)9-12-24(25)26(34)32-14-13-19-3-5-20(6-4-19)18-33-15-1-2-16-33/h3-12,17H,1-2,13-16,18H2,(H,32,34). The highest BCUT2D eigenvalue weighted by Gasteiger charge is 2.31. The number of carbonyl (C=O) groups is 1. The van der Waals surface area contributed by atoms with E-state index in [0.29, 0.717) is 24.1 Å². The minimum Gasteiger partial charge on any atom is -0.406 e. The molecular weight excluding hydrogens is 460 g/mol. The molecule has 1 aliphatic heterocycles. The second-order valence-electron chi connectivity index (χ2n) is 8.57. The Hall–Kier alpha value is -3.39. The molecule has 1 N–H and O–H groups in total. The van der Waals surface area contributed by atoms with E-state index < -0.39 is 18.1 Å². The van der Waals surface area contributed by atoms with E-state index in [1.807, 2.05) is 0 Å². The molecule has 0 radical (unpaired) electrons. The van der Waals surface area contributed by atoms with Crippen LogP contribution in [-0.4, -0.2) is 36.8 Å². The Kier molecular flexibility index (Phi) is 7.70. The number of likely N-dealkylation sites (tertiary alicyclic amines) is 1. The lowest BCUT2D eigenvalue weighted by Gasteiger charge is -2.14. The first-order valence-electron chi connectivity index (χ1n) is 11.5. The summed E-state index contributed by atoms with van der Waals surface area (Å²) in [6.07, 6.45) is -1.63. The van der Waals surface area contributed by atoms with Crippen LogP contribution in [-0.2, 0) is 13.0 Å². The van der Waals surface area contributed by atoms with E-state index in [1.165, 1.54) is 42.7 Å². The molecule has 35 heavy (non-hydrogen) atoms. The highest BCUT2D eigenvalue weighted by Crippen LogP contribution is 2.27. The molecule has 3 aromatic rings. The zero-order valence-corrected chi connectivity index (χ0v) is 19.1. The van der Waals surface area contributed by atoms with Crippen LogP contribution < -0.4 is 10.1 Å². The predicted octanol–water partition coefficient (Wildman–Crippen LogP) is 5.96. The minimum absolute atomic E-state index is 0.0910. The zero-order valence-electron chi connectivity index (χ0n) is 19.1. The summed E-state index contributed by atoms with van der Waals surface area (Å²) < 4.78 is 55.3. The number of nitrogens with zero attached hydrogens (tertiary/aromatic N) is 1. The third kappa shape index (κ3) is 7.05. The monoisotopic (exact) mass is 486 g/mol. The number of nitrogens with one attached hydrogen (secondary N) is 1. The molecule has 0 bridgehead atoms. The molecule has 0 unspecified atom stereocenters. The Labute approximate surface area is 201 Å². The van der Waals surface area contributed by atoms with E-state index in [2.05, 4.69) is 39.2 Å². The average Bonchev–Trinajstić information content (AvgIpc) is 3.32. The van der Waals surface area contributed by atoms with Gasteiger partial charge < -0.3 is 10.1 Å². The second-order valence-corrected chi connectivity index (χ2v) is 8.57. The third-order valence-corrected chi connectivity index (χ3v) is 5.96. The minimum atomic E-state index is -4.78. The van der Waals surface area contributed by atoms with Gasteiger partial charge in [-0.25, -0.2) is 4.39 Å². The summed E-state index contributed by atoms with van der Waals surface area (Å²) in [6, 6.07) is 17.5. The van der Waals surface area contributed by atoms with Gasteiger partial charge in [-0.15, -0.1) is 13.2 Å². The summed E-state index contributed by atoms with van der Waals surface area (Å²) >= 11 is 0. The van der Waals surface area contributed by atoms with Crippen LogP contribution in [0.3, 0.4) is 0 Å². The normalized spacial score (nSPS) is 14.2. The van der Waals surface area contributed by atoms with Gasteiger partial charge in [-0.3, -0.25) is 9.69 Å². The lowest BCUT2D eigenvalue weighted by Crippen LogP contribution is -2.26. The van der Waals surface area contributed by atoms with E-state index in [0.717, 1.165) is 37.3 Å². The van der Waals surface area contributed by atoms with E-state index in [-0.39, 0.29) is 11.3 Å². The molecule has 0 saturated carbocycles. The van der Waals surface area contributed by atoms with Crippen LogP contribution in [0.5, 0.6) is 5.75 Å². The molecular formula is C27H26F4N2O2. The summed E-state index contributed by atoms with van der Waals surface area (Å²) in [4.78, 5) is 14.9. The third-order valence-electron chi connectivity index (χ3n) is 5.96. The van der Waals surface area contributed by atoms with Gasteiger partial charge in [0.05, 0.1) is 5.56 Å². The van der Waals surface area contributed by atoms with Crippen molar-refractivity contribution in [2.45, 2.75) is 32.2 Å². The lowest BCUT2D eigenvalue weighted by atomic mass is 10.0. The van der Waals surface area contributed by atoms with Gasteiger partial charge in [0, 0.05) is 13.1 Å². The van der Waals surface area contributed by atoms with Gasteiger partial charge in [0.25, 0.3) is 5.91 Å². The van der Waals surface area contributed by atoms with Crippen molar-refractivity contribution in [3.63, 3.8) is 0 Å². The van der Waals surface area contributed by atoms with Crippen LogP contribution in [0, 0.1) is 5.82 Å². The number of hydrogen-bond donors (Lipinski definition) is 1. The molecule has 8 heteroatoms. The number of ether oxygens (including phenoxy) is 1. The Morgan fingerprint density at radius 1 is 0.886 bits per heavy atom. The number of benzene rings is 3. The number of carbonyl (C=O) groups excluding carboxylic acids is 1. The fraction of sp³-hybridized carbons (Fsp3) is 0.296.